The van der Waals surface area contributed by atoms with Gasteiger partial charge < -0.3 is 15.7 Å². The lowest BCUT2D eigenvalue weighted by molar-refractivity contribution is 0.0114. The molecule has 98 valence electrons. The fourth-order valence-electron chi connectivity index (χ4n) is 3.45. The number of hydrogen-bond donors (Lipinski definition) is 2. The normalized spacial score (nSPS) is 21.9. The molecule has 1 fully saturated rings. The second-order valence-electron chi connectivity index (χ2n) is 5.81. The van der Waals surface area contributed by atoms with Crippen molar-refractivity contribution in [3.8, 4) is 0 Å². The van der Waals surface area contributed by atoms with Crippen LogP contribution in [0.1, 0.15) is 37.7 Å². The Morgan fingerprint density at radius 1 is 1.22 bits per heavy atom. The van der Waals surface area contributed by atoms with Crippen molar-refractivity contribution >= 4 is 11.4 Å². The molecular weight excluding hydrogens is 224 g/mol. The molecule has 0 unspecified atom stereocenters. The number of fused-ring (bicyclic) bond motifs is 1. The van der Waals surface area contributed by atoms with Gasteiger partial charge in [0.2, 0.25) is 0 Å². The van der Waals surface area contributed by atoms with Crippen LogP contribution in [-0.4, -0.2) is 23.8 Å². The van der Waals surface area contributed by atoms with Gasteiger partial charge in [-0.25, -0.2) is 0 Å². The fourth-order valence-corrected chi connectivity index (χ4v) is 3.45. The minimum Gasteiger partial charge on any atom is -0.397 e. The average molecular weight is 246 g/mol. The number of nitrogens with zero attached hydrogens (tertiary/aromatic N) is 1. The summed E-state index contributed by atoms with van der Waals surface area (Å²) in [4.78, 5) is 2.29. The van der Waals surface area contributed by atoms with E-state index in [1.165, 1.54) is 12.0 Å². The van der Waals surface area contributed by atoms with E-state index in [0.717, 1.165) is 56.6 Å². The molecule has 3 rings (SSSR count). The molecule has 1 saturated carbocycles. The third kappa shape index (κ3) is 2.07. The summed E-state index contributed by atoms with van der Waals surface area (Å²) in [5.74, 6) is 0. The highest BCUT2D eigenvalue weighted by Crippen LogP contribution is 2.37. The lowest BCUT2D eigenvalue weighted by Gasteiger charge is -2.36. The van der Waals surface area contributed by atoms with E-state index in [2.05, 4.69) is 11.0 Å². The van der Waals surface area contributed by atoms with Crippen molar-refractivity contribution < 1.29 is 5.11 Å². The van der Waals surface area contributed by atoms with Crippen LogP contribution in [0.25, 0.3) is 0 Å². The van der Waals surface area contributed by atoms with E-state index in [-0.39, 0.29) is 0 Å². The molecule has 2 aliphatic rings. The number of β-amino-alcohol motifs (C(OH)–C–C–N with tert-alkyl or cyclic N) is 1. The first kappa shape index (κ1) is 11.8. The van der Waals surface area contributed by atoms with Crippen LogP contribution in [0, 0.1) is 0 Å². The zero-order valence-corrected chi connectivity index (χ0v) is 10.9. The summed E-state index contributed by atoms with van der Waals surface area (Å²) in [5.41, 5.74) is 8.93. The topological polar surface area (TPSA) is 49.5 Å². The Balaban J connectivity index is 1.80. The molecule has 0 amide bonds. The lowest BCUT2D eigenvalue weighted by Crippen LogP contribution is -2.44. The summed E-state index contributed by atoms with van der Waals surface area (Å²) in [6, 6.07) is 6.13. The Hall–Kier alpha value is -1.22. The number of rotatable bonds is 2. The Labute approximate surface area is 109 Å². The molecule has 0 bridgehead atoms. The molecule has 0 spiro atoms. The smallest absolute Gasteiger partial charge is 0.0821 e. The molecule has 18 heavy (non-hydrogen) atoms. The van der Waals surface area contributed by atoms with Gasteiger partial charge >= 0.3 is 0 Å². The number of aliphatic hydroxyl groups is 1. The lowest BCUT2D eigenvalue weighted by atomic mass is 9.84. The van der Waals surface area contributed by atoms with E-state index in [0.29, 0.717) is 0 Å². The Morgan fingerprint density at radius 3 is 2.78 bits per heavy atom. The van der Waals surface area contributed by atoms with Gasteiger partial charge in [-0.1, -0.05) is 31.4 Å². The van der Waals surface area contributed by atoms with Gasteiger partial charge in [0.05, 0.1) is 17.0 Å². The van der Waals surface area contributed by atoms with E-state index in [9.17, 15) is 5.11 Å². The second-order valence-corrected chi connectivity index (χ2v) is 5.81. The summed E-state index contributed by atoms with van der Waals surface area (Å²) in [6.07, 6.45) is 6.50. The Morgan fingerprint density at radius 2 is 2.00 bits per heavy atom. The van der Waals surface area contributed by atoms with Gasteiger partial charge in [0.1, 0.15) is 0 Å². The predicted molar refractivity (Wildman–Crippen MR) is 74.8 cm³/mol. The van der Waals surface area contributed by atoms with Crippen LogP contribution < -0.4 is 10.6 Å². The maximum atomic E-state index is 10.7. The van der Waals surface area contributed by atoms with Crippen LogP contribution in [0.5, 0.6) is 0 Å². The van der Waals surface area contributed by atoms with Crippen molar-refractivity contribution in [3.63, 3.8) is 0 Å². The van der Waals surface area contributed by atoms with E-state index < -0.39 is 5.60 Å². The number of nitrogen functional groups attached to an aromatic ring is 1. The summed E-state index contributed by atoms with van der Waals surface area (Å²) >= 11 is 0. The molecule has 1 aromatic carbocycles. The van der Waals surface area contributed by atoms with Gasteiger partial charge in [0, 0.05) is 13.1 Å². The molecule has 0 saturated heterocycles. The SMILES string of the molecule is Nc1cccc2c1N(CC1(O)CCCCC1)CC2. The first-order chi connectivity index (χ1) is 8.68. The van der Waals surface area contributed by atoms with Gasteiger partial charge in [-0.15, -0.1) is 0 Å². The van der Waals surface area contributed by atoms with E-state index in [1.807, 2.05) is 12.1 Å². The van der Waals surface area contributed by atoms with Crippen LogP contribution >= 0.6 is 0 Å². The zero-order chi connectivity index (χ0) is 12.6. The summed E-state index contributed by atoms with van der Waals surface area (Å²) < 4.78 is 0. The highest BCUT2D eigenvalue weighted by atomic mass is 16.3. The van der Waals surface area contributed by atoms with Crippen molar-refractivity contribution in [1.29, 1.82) is 0 Å². The van der Waals surface area contributed by atoms with Crippen molar-refractivity contribution in [1.82, 2.24) is 0 Å². The molecule has 1 aromatic rings. The number of nitrogens with two attached hydrogens (primary N) is 1. The molecular formula is C15H22N2O. The van der Waals surface area contributed by atoms with E-state index in [4.69, 9.17) is 5.73 Å². The van der Waals surface area contributed by atoms with Crippen LogP contribution in [0.2, 0.25) is 0 Å². The number of hydrogen-bond acceptors (Lipinski definition) is 3. The van der Waals surface area contributed by atoms with E-state index >= 15 is 0 Å². The van der Waals surface area contributed by atoms with Crippen LogP contribution in [0.3, 0.4) is 0 Å². The second kappa shape index (κ2) is 4.47. The van der Waals surface area contributed by atoms with Crippen LogP contribution in [0.15, 0.2) is 18.2 Å². The highest BCUT2D eigenvalue weighted by molar-refractivity contribution is 5.74. The average Bonchev–Trinajstić information content (AvgIpc) is 2.74. The molecule has 0 radical (unpaired) electrons. The summed E-state index contributed by atoms with van der Waals surface area (Å²) in [5, 5.41) is 10.7. The summed E-state index contributed by atoms with van der Waals surface area (Å²) in [7, 11) is 0. The zero-order valence-electron chi connectivity index (χ0n) is 10.9. The number of benzene rings is 1. The molecule has 3 heteroatoms. The van der Waals surface area contributed by atoms with Crippen molar-refractivity contribution in [2.75, 3.05) is 23.7 Å². The van der Waals surface area contributed by atoms with Crippen LogP contribution in [-0.2, 0) is 6.42 Å². The van der Waals surface area contributed by atoms with Crippen molar-refractivity contribution in [2.24, 2.45) is 0 Å². The minimum atomic E-state index is -0.498. The maximum Gasteiger partial charge on any atom is 0.0821 e. The third-order valence-electron chi connectivity index (χ3n) is 4.39. The van der Waals surface area contributed by atoms with Gasteiger partial charge in [0.25, 0.3) is 0 Å². The van der Waals surface area contributed by atoms with Crippen LogP contribution in [0.4, 0.5) is 11.4 Å². The molecule has 1 aliphatic carbocycles. The fraction of sp³-hybridized carbons (Fsp3) is 0.600. The molecule has 3 N–H and O–H groups in total. The third-order valence-corrected chi connectivity index (χ3v) is 4.39. The molecule has 3 nitrogen and oxygen atoms in total. The van der Waals surface area contributed by atoms with E-state index in [1.54, 1.807) is 0 Å². The maximum absolute atomic E-state index is 10.7. The van der Waals surface area contributed by atoms with Gasteiger partial charge in [-0.3, -0.25) is 0 Å². The first-order valence-electron chi connectivity index (χ1n) is 7.03. The first-order valence-corrected chi connectivity index (χ1v) is 7.03. The quantitative estimate of drug-likeness (QED) is 0.787. The van der Waals surface area contributed by atoms with Gasteiger partial charge in [-0.2, -0.15) is 0 Å². The Kier molecular flexibility index (Phi) is 2.94. The van der Waals surface area contributed by atoms with Gasteiger partial charge in [-0.05, 0) is 30.9 Å². The van der Waals surface area contributed by atoms with Gasteiger partial charge in [0.15, 0.2) is 0 Å². The molecule has 0 aromatic heterocycles. The monoisotopic (exact) mass is 246 g/mol. The standard InChI is InChI=1S/C15H22N2O/c16-13-6-4-5-12-7-10-17(14(12)13)11-15(18)8-2-1-3-9-15/h4-6,18H,1-3,7-11,16H2. The number of anilines is 2. The van der Waals surface area contributed by atoms with Crippen molar-refractivity contribution in [3.05, 3.63) is 23.8 Å². The predicted octanol–water partition coefficient (Wildman–Crippen LogP) is 2.33. The molecule has 1 heterocycles. The molecule has 0 atom stereocenters. The largest absolute Gasteiger partial charge is 0.397 e. The van der Waals surface area contributed by atoms with Crippen molar-refractivity contribution in [2.45, 2.75) is 44.1 Å². The Bertz CT molecular complexity index is 438. The minimum absolute atomic E-state index is 0.498. The number of para-hydroxylation sites is 1. The summed E-state index contributed by atoms with van der Waals surface area (Å²) in [6.45, 7) is 1.74. The highest BCUT2D eigenvalue weighted by Gasteiger charge is 2.34. The molecule has 1 aliphatic heterocycles.